The van der Waals surface area contributed by atoms with E-state index in [1.165, 1.54) is 7.11 Å². The number of carbonyl (C=O) groups excluding carboxylic acids is 1. The SMILES string of the molecule is CNCCN1CCCC(n2ncc(-c3ccccc3)c2Cc2cnccc2C(=O)OC)C1. The van der Waals surface area contributed by atoms with Crippen LogP contribution in [-0.4, -0.2) is 66.0 Å². The topological polar surface area (TPSA) is 72.3 Å². The van der Waals surface area contributed by atoms with Crippen LogP contribution in [0.3, 0.4) is 0 Å². The zero-order chi connectivity index (χ0) is 22.3. The first-order chi connectivity index (χ1) is 15.7. The Hall–Kier alpha value is -3.03. The van der Waals surface area contributed by atoms with Crippen molar-refractivity contribution in [2.24, 2.45) is 0 Å². The van der Waals surface area contributed by atoms with E-state index >= 15 is 0 Å². The van der Waals surface area contributed by atoms with E-state index in [-0.39, 0.29) is 5.97 Å². The largest absolute Gasteiger partial charge is 0.465 e. The van der Waals surface area contributed by atoms with Crippen molar-refractivity contribution in [2.75, 3.05) is 40.3 Å². The number of rotatable bonds is 8. The zero-order valence-electron chi connectivity index (χ0n) is 18.8. The van der Waals surface area contributed by atoms with Gasteiger partial charge in [0.2, 0.25) is 0 Å². The Morgan fingerprint density at radius 1 is 1.22 bits per heavy atom. The van der Waals surface area contributed by atoms with Crippen LogP contribution in [0.5, 0.6) is 0 Å². The molecular weight excluding hydrogens is 402 g/mol. The quantitative estimate of drug-likeness (QED) is 0.550. The molecule has 1 aliphatic heterocycles. The van der Waals surface area contributed by atoms with Gasteiger partial charge in [-0.15, -0.1) is 0 Å². The maximum absolute atomic E-state index is 12.4. The maximum atomic E-state index is 12.4. The minimum Gasteiger partial charge on any atom is -0.465 e. The van der Waals surface area contributed by atoms with Crippen LogP contribution in [0.4, 0.5) is 0 Å². The fourth-order valence-corrected chi connectivity index (χ4v) is 4.50. The second kappa shape index (κ2) is 10.5. The summed E-state index contributed by atoms with van der Waals surface area (Å²) in [6.45, 7) is 4.10. The fraction of sp³-hybridized carbons (Fsp3) is 0.400. The van der Waals surface area contributed by atoms with Crippen LogP contribution in [0.25, 0.3) is 11.1 Å². The zero-order valence-corrected chi connectivity index (χ0v) is 18.8. The molecule has 0 amide bonds. The summed E-state index contributed by atoms with van der Waals surface area (Å²) in [5.41, 5.74) is 4.72. The molecule has 1 unspecified atom stereocenters. The molecule has 3 aromatic rings. The van der Waals surface area contributed by atoms with E-state index in [4.69, 9.17) is 9.84 Å². The van der Waals surface area contributed by atoms with E-state index in [1.807, 2.05) is 31.4 Å². The predicted molar refractivity (Wildman–Crippen MR) is 125 cm³/mol. The van der Waals surface area contributed by atoms with Crippen molar-refractivity contribution in [3.05, 3.63) is 71.8 Å². The number of likely N-dealkylation sites (N-methyl/N-ethyl adjacent to an activating group) is 1. The van der Waals surface area contributed by atoms with Gasteiger partial charge in [-0.2, -0.15) is 5.10 Å². The summed E-state index contributed by atoms with van der Waals surface area (Å²) < 4.78 is 7.19. The summed E-state index contributed by atoms with van der Waals surface area (Å²) in [5.74, 6) is -0.342. The lowest BCUT2D eigenvalue weighted by Crippen LogP contribution is -2.40. The van der Waals surface area contributed by atoms with Crippen LogP contribution >= 0.6 is 0 Å². The summed E-state index contributed by atoms with van der Waals surface area (Å²) >= 11 is 0. The molecule has 7 nitrogen and oxygen atoms in total. The van der Waals surface area contributed by atoms with Crippen molar-refractivity contribution in [2.45, 2.75) is 25.3 Å². The number of hydrogen-bond donors (Lipinski definition) is 1. The standard InChI is InChI=1S/C25H31N5O2/c1-26-12-14-29-13-6-9-21(18-29)30-24(23(17-28-30)19-7-4-3-5-8-19)15-20-16-27-11-10-22(20)25(31)32-2/h3-5,7-8,10-11,16-17,21,26H,6,9,12-15,18H2,1-2H3. The summed E-state index contributed by atoms with van der Waals surface area (Å²) in [6.07, 6.45) is 8.16. The van der Waals surface area contributed by atoms with E-state index in [0.717, 1.165) is 61.4 Å². The Balaban J connectivity index is 1.71. The molecule has 1 aromatic carbocycles. The van der Waals surface area contributed by atoms with E-state index in [1.54, 1.807) is 18.5 Å². The molecule has 7 heteroatoms. The summed E-state index contributed by atoms with van der Waals surface area (Å²) in [7, 11) is 3.40. The highest BCUT2D eigenvalue weighted by Gasteiger charge is 2.26. The van der Waals surface area contributed by atoms with Crippen LogP contribution in [0, 0.1) is 0 Å². The first-order valence-electron chi connectivity index (χ1n) is 11.2. The monoisotopic (exact) mass is 433 g/mol. The van der Waals surface area contributed by atoms with Crippen molar-refractivity contribution in [1.82, 2.24) is 25.0 Å². The number of carbonyl (C=O) groups is 1. The van der Waals surface area contributed by atoms with Gasteiger partial charge >= 0.3 is 5.97 Å². The van der Waals surface area contributed by atoms with Crippen molar-refractivity contribution in [3.8, 4) is 11.1 Å². The van der Waals surface area contributed by atoms with E-state index < -0.39 is 0 Å². The lowest BCUT2D eigenvalue weighted by atomic mass is 9.98. The van der Waals surface area contributed by atoms with E-state index in [0.29, 0.717) is 18.0 Å². The highest BCUT2D eigenvalue weighted by atomic mass is 16.5. The molecule has 0 bridgehead atoms. The number of likely N-dealkylation sites (tertiary alicyclic amines) is 1. The summed E-state index contributed by atoms with van der Waals surface area (Å²) in [6, 6.07) is 12.3. The smallest absolute Gasteiger partial charge is 0.338 e. The Kier molecular flexibility index (Phi) is 7.29. The Morgan fingerprint density at radius 2 is 2.06 bits per heavy atom. The number of nitrogens with one attached hydrogen (secondary N) is 1. The van der Waals surface area contributed by atoms with Gasteiger partial charge < -0.3 is 10.1 Å². The Bertz CT molecular complexity index is 1030. The maximum Gasteiger partial charge on any atom is 0.338 e. The van der Waals surface area contributed by atoms with Crippen molar-refractivity contribution >= 4 is 5.97 Å². The Morgan fingerprint density at radius 3 is 2.84 bits per heavy atom. The van der Waals surface area contributed by atoms with Gasteiger partial charge in [0.15, 0.2) is 0 Å². The number of methoxy groups -OCH3 is 1. The van der Waals surface area contributed by atoms with Crippen LogP contribution in [0.1, 0.15) is 40.5 Å². The van der Waals surface area contributed by atoms with Gasteiger partial charge in [-0.25, -0.2) is 4.79 Å². The lowest BCUT2D eigenvalue weighted by molar-refractivity contribution is 0.0599. The predicted octanol–water partition coefficient (Wildman–Crippen LogP) is 3.18. The average Bonchev–Trinajstić information content (AvgIpc) is 3.27. The van der Waals surface area contributed by atoms with E-state index in [2.05, 4.69) is 32.0 Å². The van der Waals surface area contributed by atoms with Crippen LogP contribution in [0.15, 0.2) is 55.0 Å². The van der Waals surface area contributed by atoms with Crippen LogP contribution in [0.2, 0.25) is 0 Å². The first kappa shape index (κ1) is 22.2. The number of benzene rings is 1. The molecule has 3 heterocycles. The minimum absolute atomic E-state index is 0.298. The molecule has 2 aromatic heterocycles. The number of aromatic nitrogens is 3. The Labute approximate surface area is 189 Å². The summed E-state index contributed by atoms with van der Waals surface area (Å²) in [5, 5.41) is 8.11. The van der Waals surface area contributed by atoms with Gasteiger partial charge in [0.05, 0.1) is 30.6 Å². The molecule has 0 saturated carbocycles. The number of ether oxygens (including phenoxy) is 1. The van der Waals surface area contributed by atoms with Crippen molar-refractivity contribution in [1.29, 1.82) is 0 Å². The molecule has 1 aliphatic rings. The third-order valence-electron chi connectivity index (χ3n) is 6.15. The minimum atomic E-state index is -0.342. The first-order valence-corrected chi connectivity index (χ1v) is 11.2. The normalized spacial score (nSPS) is 16.8. The molecule has 32 heavy (non-hydrogen) atoms. The van der Waals surface area contributed by atoms with Gasteiger partial charge in [-0.1, -0.05) is 30.3 Å². The molecule has 1 fully saturated rings. The van der Waals surface area contributed by atoms with Crippen LogP contribution in [-0.2, 0) is 11.2 Å². The number of hydrogen-bond acceptors (Lipinski definition) is 6. The second-order valence-electron chi connectivity index (χ2n) is 8.22. The fourth-order valence-electron chi connectivity index (χ4n) is 4.50. The van der Waals surface area contributed by atoms with Crippen molar-refractivity contribution in [3.63, 3.8) is 0 Å². The molecule has 1 atom stereocenters. The highest BCUT2D eigenvalue weighted by Crippen LogP contribution is 2.31. The summed E-state index contributed by atoms with van der Waals surface area (Å²) in [4.78, 5) is 19.1. The number of nitrogens with zero attached hydrogens (tertiary/aromatic N) is 4. The molecule has 1 saturated heterocycles. The van der Waals surface area contributed by atoms with Crippen molar-refractivity contribution < 1.29 is 9.53 Å². The van der Waals surface area contributed by atoms with E-state index in [9.17, 15) is 4.79 Å². The molecule has 0 spiro atoms. The van der Waals surface area contributed by atoms with Gasteiger partial charge in [-0.3, -0.25) is 14.6 Å². The molecule has 4 rings (SSSR count). The molecule has 0 radical (unpaired) electrons. The average molecular weight is 434 g/mol. The van der Waals surface area contributed by atoms with Gasteiger partial charge in [0.25, 0.3) is 0 Å². The van der Waals surface area contributed by atoms with Gasteiger partial charge in [0, 0.05) is 44.0 Å². The second-order valence-corrected chi connectivity index (χ2v) is 8.22. The number of piperidine rings is 1. The molecule has 0 aliphatic carbocycles. The van der Waals surface area contributed by atoms with Crippen LogP contribution < -0.4 is 5.32 Å². The number of pyridine rings is 1. The van der Waals surface area contributed by atoms with Gasteiger partial charge in [0.1, 0.15) is 0 Å². The third kappa shape index (κ3) is 4.89. The lowest BCUT2D eigenvalue weighted by Gasteiger charge is -2.33. The van der Waals surface area contributed by atoms with Gasteiger partial charge in [-0.05, 0) is 43.6 Å². The molecule has 1 N–H and O–H groups in total. The molecular formula is C25H31N5O2. The number of esters is 1. The molecule has 168 valence electrons. The third-order valence-corrected chi connectivity index (χ3v) is 6.15. The highest BCUT2D eigenvalue weighted by molar-refractivity contribution is 5.91.